The topological polar surface area (TPSA) is 36.7 Å². The van der Waals surface area contributed by atoms with Gasteiger partial charge in [0.25, 0.3) is 5.91 Å². The number of hydrogen-bond donors (Lipinski definition) is 0. The standard InChI is InChI=1S/C21H27BrN2O2/c1-15-6-9-23(10-7-15)13-16-3-2-8-24(14-16)21(25)20-12-17-11-18(22)4-5-19(17)26-20/h4-5,11-12,15-16H,2-3,6-10,13-14H2,1H3. The summed E-state index contributed by atoms with van der Waals surface area (Å²) in [5, 5.41) is 0.971. The van der Waals surface area contributed by atoms with Gasteiger partial charge in [0, 0.05) is 29.5 Å². The van der Waals surface area contributed by atoms with Gasteiger partial charge in [-0.3, -0.25) is 4.79 Å². The predicted octanol–water partition coefficient (Wildman–Crippen LogP) is 4.78. The Morgan fingerprint density at radius 2 is 2.00 bits per heavy atom. The lowest BCUT2D eigenvalue weighted by Crippen LogP contribution is -2.45. The van der Waals surface area contributed by atoms with E-state index >= 15 is 0 Å². The molecule has 2 aliphatic rings. The van der Waals surface area contributed by atoms with Gasteiger partial charge < -0.3 is 14.2 Å². The average Bonchev–Trinajstić information content (AvgIpc) is 3.06. The molecule has 1 atom stereocenters. The van der Waals surface area contributed by atoms with Gasteiger partial charge in [-0.05, 0) is 74.9 Å². The van der Waals surface area contributed by atoms with Gasteiger partial charge in [-0.1, -0.05) is 22.9 Å². The maximum absolute atomic E-state index is 12.9. The number of hydrogen-bond acceptors (Lipinski definition) is 3. The van der Waals surface area contributed by atoms with Crippen molar-refractivity contribution in [2.24, 2.45) is 11.8 Å². The zero-order chi connectivity index (χ0) is 18.1. The number of benzene rings is 1. The quantitative estimate of drug-likeness (QED) is 0.719. The van der Waals surface area contributed by atoms with Gasteiger partial charge in [0.1, 0.15) is 5.58 Å². The number of nitrogens with zero attached hydrogens (tertiary/aromatic N) is 2. The van der Waals surface area contributed by atoms with Gasteiger partial charge in [-0.2, -0.15) is 0 Å². The highest BCUT2D eigenvalue weighted by atomic mass is 79.9. The summed E-state index contributed by atoms with van der Waals surface area (Å²) in [5.41, 5.74) is 0.771. The molecule has 2 aromatic rings. The van der Waals surface area contributed by atoms with Crippen molar-refractivity contribution in [1.29, 1.82) is 0 Å². The van der Waals surface area contributed by atoms with Gasteiger partial charge in [-0.15, -0.1) is 0 Å². The summed E-state index contributed by atoms with van der Waals surface area (Å²) in [6.45, 7) is 7.60. The summed E-state index contributed by atoms with van der Waals surface area (Å²) in [6.07, 6.45) is 4.93. The van der Waals surface area contributed by atoms with Crippen LogP contribution >= 0.6 is 15.9 Å². The minimum absolute atomic E-state index is 0.0364. The molecule has 2 aliphatic heterocycles. The van der Waals surface area contributed by atoms with Crippen molar-refractivity contribution in [1.82, 2.24) is 9.80 Å². The third-order valence-electron chi connectivity index (χ3n) is 5.89. The number of likely N-dealkylation sites (tertiary alicyclic amines) is 2. The van der Waals surface area contributed by atoms with Crippen LogP contribution in [0.3, 0.4) is 0 Å². The van der Waals surface area contributed by atoms with Crippen molar-refractivity contribution in [3.8, 4) is 0 Å². The second kappa shape index (κ2) is 7.73. The molecule has 4 rings (SSSR count). The van der Waals surface area contributed by atoms with Gasteiger partial charge in [0.05, 0.1) is 0 Å². The molecule has 2 fully saturated rings. The summed E-state index contributed by atoms with van der Waals surface area (Å²) in [4.78, 5) is 17.5. The molecule has 0 N–H and O–H groups in total. The van der Waals surface area contributed by atoms with Crippen molar-refractivity contribution in [2.45, 2.75) is 32.6 Å². The van der Waals surface area contributed by atoms with E-state index < -0.39 is 0 Å². The molecule has 1 amide bonds. The van der Waals surface area contributed by atoms with Crippen LogP contribution in [0.4, 0.5) is 0 Å². The van der Waals surface area contributed by atoms with Crippen molar-refractivity contribution >= 4 is 32.8 Å². The molecule has 4 nitrogen and oxygen atoms in total. The molecule has 0 spiro atoms. The highest BCUT2D eigenvalue weighted by molar-refractivity contribution is 9.10. The number of rotatable bonds is 3. The Morgan fingerprint density at radius 1 is 1.19 bits per heavy atom. The van der Waals surface area contributed by atoms with Crippen LogP contribution in [0.25, 0.3) is 11.0 Å². The van der Waals surface area contributed by atoms with Crippen LogP contribution in [-0.2, 0) is 0 Å². The van der Waals surface area contributed by atoms with Crippen molar-refractivity contribution in [3.63, 3.8) is 0 Å². The van der Waals surface area contributed by atoms with Crippen LogP contribution in [0.2, 0.25) is 0 Å². The summed E-state index contributed by atoms with van der Waals surface area (Å²) in [6, 6.07) is 7.72. The van der Waals surface area contributed by atoms with Gasteiger partial charge in [-0.25, -0.2) is 0 Å². The molecule has 140 valence electrons. The van der Waals surface area contributed by atoms with Crippen molar-refractivity contribution in [3.05, 3.63) is 34.5 Å². The fourth-order valence-electron chi connectivity index (χ4n) is 4.28. The number of piperidine rings is 2. The molecule has 26 heavy (non-hydrogen) atoms. The molecule has 0 bridgehead atoms. The van der Waals surface area contributed by atoms with Gasteiger partial charge >= 0.3 is 0 Å². The molecule has 0 saturated carbocycles. The Kier molecular flexibility index (Phi) is 5.37. The molecule has 1 aromatic carbocycles. The zero-order valence-electron chi connectivity index (χ0n) is 15.4. The minimum atomic E-state index is 0.0364. The van der Waals surface area contributed by atoms with E-state index in [0.29, 0.717) is 11.7 Å². The second-order valence-electron chi connectivity index (χ2n) is 8.04. The first-order valence-corrected chi connectivity index (χ1v) is 10.6. The lowest BCUT2D eigenvalue weighted by molar-refractivity contribution is 0.0594. The van der Waals surface area contributed by atoms with Crippen molar-refractivity contribution in [2.75, 3.05) is 32.7 Å². The van der Waals surface area contributed by atoms with E-state index in [2.05, 4.69) is 27.8 Å². The molecular formula is C21H27BrN2O2. The van der Waals surface area contributed by atoms with Crippen LogP contribution in [0.1, 0.15) is 43.2 Å². The lowest BCUT2D eigenvalue weighted by Gasteiger charge is -2.37. The number of carbonyl (C=O) groups is 1. The van der Waals surface area contributed by atoms with E-state index in [1.807, 2.05) is 29.2 Å². The van der Waals surface area contributed by atoms with Crippen LogP contribution in [0, 0.1) is 11.8 Å². The molecule has 3 heterocycles. The Morgan fingerprint density at radius 3 is 2.81 bits per heavy atom. The monoisotopic (exact) mass is 418 g/mol. The molecular weight excluding hydrogens is 392 g/mol. The largest absolute Gasteiger partial charge is 0.451 e. The van der Waals surface area contributed by atoms with Crippen LogP contribution < -0.4 is 0 Å². The van der Waals surface area contributed by atoms with E-state index in [1.54, 1.807) is 0 Å². The average molecular weight is 419 g/mol. The molecule has 0 radical (unpaired) electrons. The normalized spacial score (nSPS) is 22.8. The molecule has 2 saturated heterocycles. The third kappa shape index (κ3) is 3.99. The summed E-state index contributed by atoms with van der Waals surface area (Å²) in [5.74, 6) is 1.95. The van der Waals surface area contributed by atoms with E-state index in [1.165, 1.54) is 32.4 Å². The SMILES string of the molecule is CC1CCN(CC2CCCN(C(=O)c3cc4cc(Br)ccc4o3)C2)CC1. The van der Waals surface area contributed by atoms with Gasteiger partial charge in [0.2, 0.25) is 0 Å². The summed E-state index contributed by atoms with van der Waals surface area (Å²) in [7, 11) is 0. The van der Waals surface area contributed by atoms with Crippen molar-refractivity contribution < 1.29 is 9.21 Å². The first kappa shape index (κ1) is 18.1. The highest BCUT2D eigenvalue weighted by Gasteiger charge is 2.28. The lowest BCUT2D eigenvalue weighted by atomic mass is 9.94. The first-order valence-electron chi connectivity index (χ1n) is 9.79. The smallest absolute Gasteiger partial charge is 0.289 e. The summed E-state index contributed by atoms with van der Waals surface area (Å²) >= 11 is 3.47. The second-order valence-corrected chi connectivity index (χ2v) is 8.95. The van der Waals surface area contributed by atoms with E-state index in [-0.39, 0.29) is 5.91 Å². The number of carbonyl (C=O) groups excluding carboxylic acids is 1. The Balaban J connectivity index is 1.40. The fourth-order valence-corrected chi connectivity index (χ4v) is 4.66. The molecule has 0 aliphatic carbocycles. The van der Waals surface area contributed by atoms with Crippen LogP contribution in [0.5, 0.6) is 0 Å². The van der Waals surface area contributed by atoms with E-state index in [0.717, 1.165) is 47.4 Å². The Labute approximate surface area is 163 Å². The Bertz CT molecular complexity index is 779. The summed E-state index contributed by atoms with van der Waals surface area (Å²) < 4.78 is 6.81. The minimum Gasteiger partial charge on any atom is -0.451 e. The molecule has 5 heteroatoms. The third-order valence-corrected chi connectivity index (χ3v) is 6.38. The Hall–Kier alpha value is -1.33. The molecule has 1 aromatic heterocycles. The fraction of sp³-hybridized carbons (Fsp3) is 0.571. The molecule has 1 unspecified atom stereocenters. The van der Waals surface area contributed by atoms with Crippen LogP contribution in [-0.4, -0.2) is 48.4 Å². The first-order chi connectivity index (χ1) is 12.6. The number of fused-ring (bicyclic) bond motifs is 1. The van der Waals surface area contributed by atoms with E-state index in [4.69, 9.17) is 4.42 Å². The number of amides is 1. The maximum atomic E-state index is 12.9. The maximum Gasteiger partial charge on any atom is 0.289 e. The van der Waals surface area contributed by atoms with Gasteiger partial charge in [0.15, 0.2) is 5.76 Å². The highest BCUT2D eigenvalue weighted by Crippen LogP contribution is 2.26. The van der Waals surface area contributed by atoms with Crippen LogP contribution in [0.15, 0.2) is 33.2 Å². The number of halogens is 1. The van der Waals surface area contributed by atoms with E-state index in [9.17, 15) is 4.79 Å². The zero-order valence-corrected chi connectivity index (χ0v) is 17.0. The number of furan rings is 1. The predicted molar refractivity (Wildman–Crippen MR) is 107 cm³/mol.